The molecule has 2 saturated heterocycles. The molecule has 9 nitrogen and oxygen atoms in total. The number of rotatable bonds is 10. The Labute approximate surface area is 210 Å². The largest absolute Gasteiger partial charge is 0.394 e. The lowest BCUT2D eigenvalue weighted by atomic mass is 9.88. The van der Waals surface area contributed by atoms with Crippen molar-refractivity contribution in [1.29, 1.82) is 0 Å². The lowest BCUT2D eigenvalue weighted by Crippen LogP contribution is -2.60. The van der Waals surface area contributed by atoms with Gasteiger partial charge in [0.25, 0.3) is 0 Å². The Hall–Kier alpha value is -1.92. The fourth-order valence-electron chi connectivity index (χ4n) is 4.75. The molecule has 36 heavy (non-hydrogen) atoms. The van der Waals surface area contributed by atoms with Crippen molar-refractivity contribution in [2.75, 3.05) is 13.2 Å². The van der Waals surface area contributed by atoms with Gasteiger partial charge in [0, 0.05) is 12.8 Å². The van der Waals surface area contributed by atoms with Crippen LogP contribution in [-0.2, 0) is 32.2 Å². The Morgan fingerprint density at radius 3 is 2.08 bits per heavy atom. The average Bonchev–Trinajstić information content (AvgIpc) is 2.90. The maximum atomic E-state index is 11.0. The lowest BCUT2D eigenvalue weighted by Gasteiger charge is -2.45. The molecule has 2 aromatic carbocycles. The predicted octanol–water partition coefficient (Wildman–Crippen LogP) is 0.539. The van der Waals surface area contributed by atoms with Gasteiger partial charge in [-0.3, -0.25) is 0 Å². The fourth-order valence-corrected chi connectivity index (χ4v) is 4.75. The van der Waals surface area contributed by atoms with E-state index in [-0.39, 0.29) is 19.4 Å². The highest BCUT2D eigenvalue weighted by atomic mass is 16.6. The molecule has 0 unspecified atom stereocenters. The fraction of sp³-hybridized carbons (Fsp3) is 0.556. The van der Waals surface area contributed by atoms with Crippen LogP contribution in [0, 0.1) is 0 Å². The van der Waals surface area contributed by atoms with Crippen molar-refractivity contribution in [3.63, 3.8) is 0 Å². The van der Waals surface area contributed by atoms with Crippen LogP contribution >= 0.6 is 0 Å². The van der Waals surface area contributed by atoms with E-state index in [1.807, 2.05) is 60.7 Å². The molecule has 0 amide bonds. The number of hydrogen-bond acceptors (Lipinski definition) is 9. The van der Waals surface area contributed by atoms with Crippen LogP contribution in [0.1, 0.15) is 24.0 Å². The van der Waals surface area contributed by atoms with Gasteiger partial charge in [0.05, 0.1) is 50.8 Å². The third kappa shape index (κ3) is 6.89. The first-order valence-corrected chi connectivity index (χ1v) is 12.4. The van der Waals surface area contributed by atoms with Gasteiger partial charge in [0.15, 0.2) is 0 Å². The molecule has 2 aliphatic heterocycles. The van der Waals surface area contributed by atoms with E-state index in [0.717, 1.165) is 11.1 Å². The van der Waals surface area contributed by atoms with Crippen LogP contribution in [0.2, 0.25) is 0 Å². The molecule has 0 spiro atoms. The van der Waals surface area contributed by atoms with Crippen molar-refractivity contribution in [2.24, 2.45) is 0 Å². The Morgan fingerprint density at radius 1 is 0.806 bits per heavy atom. The van der Waals surface area contributed by atoms with Gasteiger partial charge in [0.1, 0.15) is 30.5 Å². The Balaban J connectivity index is 1.42. The molecule has 9 heteroatoms. The second-order valence-electron chi connectivity index (χ2n) is 9.46. The molecule has 0 aliphatic carbocycles. The minimum Gasteiger partial charge on any atom is -0.394 e. The van der Waals surface area contributed by atoms with Gasteiger partial charge < -0.3 is 44.5 Å². The molecule has 0 bridgehead atoms. The van der Waals surface area contributed by atoms with Crippen LogP contribution < -0.4 is 0 Å². The van der Waals surface area contributed by atoms with E-state index >= 15 is 0 Å². The summed E-state index contributed by atoms with van der Waals surface area (Å²) in [5, 5.41) is 51.5. The van der Waals surface area contributed by atoms with E-state index in [4.69, 9.17) is 18.9 Å². The monoisotopic (exact) mass is 504 g/mol. The Morgan fingerprint density at radius 2 is 1.44 bits per heavy atom. The van der Waals surface area contributed by atoms with Crippen molar-refractivity contribution in [3.05, 3.63) is 71.8 Å². The molecule has 5 N–H and O–H groups in total. The van der Waals surface area contributed by atoms with Crippen LogP contribution in [-0.4, -0.2) is 93.7 Å². The van der Waals surface area contributed by atoms with Gasteiger partial charge in [-0.05, 0) is 11.1 Å². The maximum absolute atomic E-state index is 11.0. The summed E-state index contributed by atoms with van der Waals surface area (Å²) in [7, 11) is 0. The van der Waals surface area contributed by atoms with Gasteiger partial charge >= 0.3 is 0 Å². The van der Waals surface area contributed by atoms with Crippen LogP contribution in [0.5, 0.6) is 0 Å². The molecule has 0 saturated carbocycles. The lowest BCUT2D eigenvalue weighted by molar-refractivity contribution is -0.259. The topological polar surface area (TPSA) is 138 Å². The number of aliphatic hydroxyl groups excluding tert-OH is 5. The van der Waals surface area contributed by atoms with Crippen molar-refractivity contribution in [3.8, 4) is 0 Å². The Kier molecular flexibility index (Phi) is 9.83. The molecule has 9 atom stereocenters. The molecule has 2 aliphatic rings. The van der Waals surface area contributed by atoms with Gasteiger partial charge in [-0.25, -0.2) is 0 Å². The van der Waals surface area contributed by atoms with E-state index in [1.54, 1.807) is 0 Å². The molecular weight excluding hydrogens is 468 g/mol. The summed E-state index contributed by atoms with van der Waals surface area (Å²) >= 11 is 0. The second-order valence-corrected chi connectivity index (χ2v) is 9.46. The van der Waals surface area contributed by atoms with Crippen molar-refractivity contribution in [2.45, 2.75) is 81.0 Å². The zero-order chi connectivity index (χ0) is 25.5. The van der Waals surface area contributed by atoms with Crippen molar-refractivity contribution >= 4 is 0 Å². The quantitative estimate of drug-likeness (QED) is 0.314. The Bertz CT molecular complexity index is 899. The number of benzene rings is 2. The van der Waals surface area contributed by atoms with Gasteiger partial charge in [-0.2, -0.15) is 0 Å². The van der Waals surface area contributed by atoms with E-state index in [0.29, 0.717) is 13.2 Å². The molecule has 198 valence electrons. The standard InChI is InChI=1S/C27H36O9/c28-13-23-25(31)19(29)11-22(35-23)26(32)27-20(30)12-21(34-15-18-9-5-2-6-10-18)24(36-27)16-33-14-17-7-3-1-4-8-17/h1-10,19-32H,11-16H2/t19-,20-,21+,22+,23-,24-,25+,26-,27-/m1/s1. The van der Waals surface area contributed by atoms with Crippen LogP contribution in [0.3, 0.4) is 0 Å². The first-order chi connectivity index (χ1) is 17.5. The summed E-state index contributed by atoms with van der Waals surface area (Å²) in [5.41, 5.74) is 1.99. The SMILES string of the molecule is OC[C@H]1O[C@H]([C@@H](O)[C@@H]2O[C@H](COCc3ccccc3)[C@@H](OCc3ccccc3)C[C@H]2O)C[C@@H](O)[C@@H]1O. The number of ether oxygens (including phenoxy) is 4. The molecule has 0 radical (unpaired) electrons. The van der Waals surface area contributed by atoms with Gasteiger partial charge in [0.2, 0.25) is 0 Å². The minimum atomic E-state index is -1.30. The van der Waals surface area contributed by atoms with Gasteiger partial charge in [-0.15, -0.1) is 0 Å². The highest BCUT2D eigenvalue weighted by Gasteiger charge is 2.47. The van der Waals surface area contributed by atoms with E-state index in [2.05, 4.69) is 0 Å². The molecule has 2 fully saturated rings. The van der Waals surface area contributed by atoms with E-state index in [1.165, 1.54) is 0 Å². The van der Waals surface area contributed by atoms with Gasteiger partial charge in [-0.1, -0.05) is 60.7 Å². The van der Waals surface area contributed by atoms with Crippen LogP contribution in [0.15, 0.2) is 60.7 Å². The van der Waals surface area contributed by atoms with E-state index < -0.39 is 61.5 Å². The summed E-state index contributed by atoms with van der Waals surface area (Å²) in [6.45, 7) is 0.366. The maximum Gasteiger partial charge on any atom is 0.112 e. The minimum absolute atomic E-state index is 0.0610. The third-order valence-corrected chi connectivity index (χ3v) is 6.80. The molecular formula is C27H36O9. The summed E-state index contributed by atoms with van der Waals surface area (Å²) in [5.74, 6) is 0. The first kappa shape index (κ1) is 27.1. The second kappa shape index (κ2) is 13.0. The molecule has 4 rings (SSSR count). The summed E-state index contributed by atoms with van der Waals surface area (Å²) in [6.07, 6.45) is -8.72. The van der Waals surface area contributed by atoms with E-state index in [9.17, 15) is 25.5 Å². The number of aliphatic hydroxyl groups is 5. The third-order valence-electron chi connectivity index (χ3n) is 6.80. The predicted molar refractivity (Wildman–Crippen MR) is 129 cm³/mol. The molecule has 2 heterocycles. The summed E-state index contributed by atoms with van der Waals surface area (Å²) in [4.78, 5) is 0. The zero-order valence-corrected chi connectivity index (χ0v) is 20.1. The van der Waals surface area contributed by atoms with Crippen LogP contribution in [0.4, 0.5) is 0 Å². The molecule has 0 aromatic heterocycles. The zero-order valence-electron chi connectivity index (χ0n) is 20.1. The highest BCUT2D eigenvalue weighted by molar-refractivity contribution is 5.14. The highest BCUT2D eigenvalue weighted by Crippen LogP contribution is 2.31. The van der Waals surface area contributed by atoms with Crippen LogP contribution in [0.25, 0.3) is 0 Å². The normalized spacial score (nSPS) is 33.8. The average molecular weight is 505 g/mol. The molecule has 2 aromatic rings. The summed E-state index contributed by atoms with van der Waals surface area (Å²) in [6, 6.07) is 19.4. The van der Waals surface area contributed by atoms with Crippen molar-refractivity contribution in [1.82, 2.24) is 0 Å². The summed E-state index contributed by atoms with van der Waals surface area (Å²) < 4.78 is 23.8. The number of hydrogen-bond donors (Lipinski definition) is 5. The van der Waals surface area contributed by atoms with Crippen molar-refractivity contribution < 1.29 is 44.5 Å². The smallest absolute Gasteiger partial charge is 0.112 e. The first-order valence-electron chi connectivity index (χ1n) is 12.4.